The molecule has 1 aromatic rings. The second kappa shape index (κ2) is 11.4. The standard InChI is InChI=1S/C18H24O2.3CO.Cr/c1-18-9-8-14-13-5-3-12(19)10-11(13)2-4-15(14)16(18)6-7-17(18)20;3*1-2;/h3,5,10,14-17,19-20H,2,4,6-9H2,1H3;;;;/t14?,15?,16?,17-,18-;;;;/m0..../s1. The smallest absolute Gasteiger partial charge is 0.281 e. The number of aliphatic hydroxyl groups is 1. The number of benzene rings is 1. The Labute approximate surface area is 172 Å². The summed E-state index contributed by atoms with van der Waals surface area (Å²) < 4.78 is 0. The maximum absolute atomic E-state index is 10.4. The minimum Gasteiger partial charge on any atom is -0.508 e. The zero-order valence-corrected chi connectivity index (χ0v) is 16.6. The molecule has 3 aliphatic carbocycles. The van der Waals surface area contributed by atoms with Crippen LogP contribution in [0.15, 0.2) is 18.2 Å². The van der Waals surface area contributed by atoms with E-state index < -0.39 is 0 Å². The van der Waals surface area contributed by atoms with Gasteiger partial charge in [-0.25, -0.2) is 0 Å². The molecule has 0 aromatic heterocycles. The first-order valence-electron chi connectivity index (χ1n) is 8.71. The van der Waals surface area contributed by atoms with Gasteiger partial charge >= 0.3 is 0 Å². The molecule has 0 bridgehead atoms. The number of hydrogen-bond donors (Lipinski definition) is 2. The maximum atomic E-state index is 10.4. The van der Waals surface area contributed by atoms with Crippen LogP contribution in [-0.4, -0.2) is 36.7 Å². The quantitative estimate of drug-likeness (QED) is 0.688. The van der Waals surface area contributed by atoms with Crippen molar-refractivity contribution in [3.8, 4) is 5.75 Å². The molecule has 0 aliphatic heterocycles. The van der Waals surface area contributed by atoms with E-state index in [1.165, 1.54) is 30.4 Å². The van der Waals surface area contributed by atoms with E-state index in [1.807, 2.05) is 12.1 Å². The number of carbonyl (C=O) groups excluding carboxylic acids is 3. The number of aliphatic hydroxyl groups excluding tert-OH is 1. The van der Waals surface area contributed by atoms with E-state index in [1.54, 1.807) is 0 Å². The third-order valence-corrected chi connectivity index (χ3v) is 6.66. The summed E-state index contributed by atoms with van der Waals surface area (Å²) in [5.74, 6) is 2.49. The molecule has 0 heterocycles. The average Bonchev–Trinajstić information content (AvgIpc) is 3.01. The molecular weight excluding hydrogens is 384 g/mol. The van der Waals surface area contributed by atoms with E-state index in [-0.39, 0.29) is 28.9 Å². The van der Waals surface area contributed by atoms with Gasteiger partial charge in [-0.2, -0.15) is 0 Å². The Bertz CT molecular complexity index is 591. The Balaban J connectivity index is 0.000000885. The van der Waals surface area contributed by atoms with E-state index in [2.05, 4.69) is 33.4 Å². The molecule has 3 aliphatic rings. The van der Waals surface area contributed by atoms with Crippen molar-refractivity contribution >= 4 is 20.4 Å². The van der Waals surface area contributed by atoms with Gasteiger partial charge in [-0.3, -0.25) is 14.4 Å². The Hall–Kier alpha value is -1.48. The molecule has 27 heavy (non-hydrogen) atoms. The fourth-order valence-corrected chi connectivity index (χ4v) is 5.54. The fourth-order valence-electron chi connectivity index (χ4n) is 5.54. The van der Waals surface area contributed by atoms with E-state index in [4.69, 9.17) is 14.4 Å². The second-order valence-corrected chi connectivity index (χ2v) is 7.44. The van der Waals surface area contributed by atoms with Crippen molar-refractivity contribution in [1.82, 2.24) is 0 Å². The number of hydrogen-bond acceptors (Lipinski definition) is 5. The Morgan fingerprint density at radius 2 is 1.63 bits per heavy atom. The molecule has 0 spiro atoms. The normalized spacial score (nSPS) is 32.1. The molecule has 5 nitrogen and oxygen atoms in total. The van der Waals surface area contributed by atoms with Crippen LogP contribution in [0.25, 0.3) is 0 Å². The van der Waals surface area contributed by atoms with Crippen molar-refractivity contribution < 1.29 is 42.0 Å². The summed E-state index contributed by atoms with van der Waals surface area (Å²) in [6.07, 6.45) is 6.78. The van der Waals surface area contributed by atoms with Crippen LogP contribution in [0.3, 0.4) is 0 Å². The molecule has 2 saturated carbocycles. The van der Waals surface area contributed by atoms with E-state index >= 15 is 0 Å². The van der Waals surface area contributed by atoms with Crippen LogP contribution in [0.2, 0.25) is 0 Å². The van der Waals surface area contributed by atoms with E-state index in [9.17, 15) is 10.2 Å². The van der Waals surface area contributed by atoms with Crippen LogP contribution in [0, 0.1) is 17.3 Å². The number of fused-ring (bicyclic) bond motifs is 5. The Morgan fingerprint density at radius 3 is 2.26 bits per heavy atom. The summed E-state index contributed by atoms with van der Waals surface area (Å²) in [5.41, 5.74) is 2.99. The van der Waals surface area contributed by atoms with Gasteiger partial charge in [-0.1, -0.05) is 13.0 Å². The number of rotatable bonds is 0. The van der Waals surface area contributed by atoms with E-state index in [0.29, 0.717) is 17.6 Å². The molecule has 0 amide bonds. The summed E-state index contributed by atoms with van der Waals surface area (Å²) in [4.78, 5) is 22.5. The summed E-state index contributed by atoms with van der Waals surface area (Å²) in [7, 11) is 0. The van der Waals surface area contributed by atoms with Crippen molar-refractivity contribution in [1.29, 1.82) is 0 Å². The Kier molecular flexibility index (Phi) is 10.8. The second-order valence-electron chi connectivity index (χ2n) is 7.44. The summed E-state index contributed by atoms with van der Waals surface area (Å²) in [6, 6.07) is 5.96. The zero-order chi connectivity index (χ0) is 19.9. The first kappa shape index (κ1) is 25.5. The maximum Gasteiger partial charge on any atom is 0.281 e. The van der Waals surface area contributed by atoms with Crippen LogP contribution in [-0.2, 0) is 38.2 Å². The van der Waals surface area contributed by atoms with Gasteiger partial charge in [-0.05, 0) is 85.0 Å². The molecular formula is C21H24CrO5. The predicted octanol–water partition coefficient (Wildman–Crippen LogP) is 2.42. The van der Waals surface area contributed by atoms with Gasteiger partial charge in [0.1, 0.15) is 5.75 Å². The van der Waals surface area contributed by atoms with Crippen molar-refractivity contribution in [3.63, 3.8) is 0 Å². The minimum atomic E-state index is -0.0883. The molecule has 6 heteroatoms. The summed E-state index contributed by atoms with van der Waals surface area (Å²) in [5, 5.41) is 20.0. The summed E-state index contributed by atoms with van der Waals surface area (Å²) >= 11 is 0. The summed E-state index contributed by atoms with van der Waals surface area (Å²) in [6.45, 7) is 15.8. The van der Waals surface area contributed by atoms with Gasteiger partial charge in [0.25, 0.3) is 20.4 Å². The number of phenols is 1. The first-order chi connectivity index (χ1) is 12.6. The zero-order valence-electron chi connectivity index (χ0n) is 15.3. The Morgan fingerprint density at radius 1 is 1.00 bits per heavy atom. The average molecular weight is 408 g/mol. The largest absolute Gasteiger partial charge is 0.508 e. The molecule has 4 rings (SSSR count). The van der Waals surface area contributed by atoms with Crippen LogP contribution in [0.5, 0.6) is 5.75 Å². The monoisotopic (exact) mass is 408 g/mol. The molecule has 6 radical (unpaired) electrons. The first-order valence-corrected chi connectivity index (χ1v) is 8.71. The number of phenolic OH excluding ortho intramolecular Hbond substituents is 1. The van der Waals surface area contributed by atoms with Crippen LogP contribution < -0.4 is 0 Å². The molecule has 5 atom stereocenters. The molecule has 3 unspecified atom stereocenters. The molecule has 2 N–H and O–H groups in total. The van der Waals surface area contributed by atoms with Gasteiger partial charge in [0.15, 0.2) is 0 Å². The molecule has 2 fully saturated rings. The van der Waals surface area contributed by atoms with Gasteiger partial charge < -0.3 is 10.2 Å². The van der Waals surface area contributed by atoms with Gasteiger partial charge in [-0.15, -0.1) is 0 Å². The number of aromatic hydroxyl groups is 1. The van der Waals surface area contributed by atoms with Gasteiger partial charge in [0.2, 0.25) is 0 Å². The van der Waals surface area contributed by atoms with Gasteiger partial charge in [0, 0.05) is 17.4 Å². The van der Waals surface area contributed by atoms with Gasteiger partial charge in [0.05, 0.1) is 6.10 Å². The van der Waals surface area contributed by atoms with Crippen LogP contribution in [0.1, 0.15) is 56.1 Å². The van der Waals surface area contributed by atoms with E-state index in [0.717, 1.165) is 25.2 Å². The minimum absolute atomic E-state index is 0. The van der Waals surface area contributed by atoms with Crippen molar-refractivity contribution in [3.05, 3.63) is 29.3 Å². The number of aryl methyl sites for hydroxylation is 1. The predicted molar refractivity (Wildman–Crippen MR) is 95.8 cm³/mol. The fraction of sp³-hybridized carbons (Fsp3) is 0.571. The van der Waals surface area contributed by atoms with Crippen molar-refractivity contribution in [2.45, 2.75) is 57.5 Å². The van der Waals surface area contributed by atoms with Crippen LogP contribution >= 0.6 is 0 Å². The molecule has 1 aromatic carbocycles. The third kappa shape index (κ3) is 4.69. The van der Waals surface area contributed by atoms with Crippen molar-refractivity contribution in [2.75, 3.05) is 0 Å². The topological polar surface area (TPSA) is 91.7 Å². The SMILES string of the molecule is C[C@]12CCC3c4ccc(O)cc4CCC3C1CC[C@@H]2O.[C]=O.[C]=O.[C]=O.[Cr]. The third-order valence-electron chi connectivity index (χ3n) is 6.66. The molecule has 0 saturated heterocycles. The molecule has 144 valence electrons. The van der Waals surface area contributed by atoms with Crippen molar-refractivity contribution in [2.24, 2.45) is 17.3 Å². The van der Waals surface area contributed by atoms with Crippen LogP contribution in [0.4, 0.5) is 0 Å².